The number of thioether (sulfide) groups is 1. The third kappa shape index (κ3) is 5.99. The number of nitrogens with zero attached hydrogens (tertiary/aromatic N) is 2. The van der Waals surface area contributed by atoms with E-state index in [0.29, 0.717) is 49.7 Å². The molecule has 0 N–H and O–H groups in total. The first-order chi connectivity index (χ1) is 16.3. The van der Waals surface area contributed by atoms with Crippen LogP contribution >= 0.6 is 62.5 Å². The number of amidine groups is 1. The minimum Gasteiger partial charge on any atom is -0.489 e. The van der Waals surface area contributed by atoms with E-state index in [9.17, 15) is 4.79 Å². The first kappa shape index (κ1) is 25.1. The average Bonchev–Trinajstić information content (AvgIpc) is 3.11. The summed E-state index contributed by atoms with van der Waals surface area (Å²) in [5.41, 5.74) is 2.50. The van der Waals surface area contributed by atoms with Crippen LogP contribution in [-0.2, 0) is 11.4 Å². The van der Waals surface area contributed by atoms with Gasteiger partial charge in [-0.25, -0.2) is 4.99 Å². The highest BCUT2D eigenvalue weighted by atomic mass is 79.9. The van der Waals surface area contributed by atoms with E-state index >= 15 is 0 Å². The number of hydrogen-bond donors (Lipinski definition) is 0. The first-order valence-electron chi connectivity index (χ1n) is 10.3. The Hall–Kier alpha value is -1.96. The minimum atomic E-state index is -0.0746. The third-order valence-electron chi connectivity index (χ3n) is 4.90. The fraction of sp³-hybridized carbons (Fsp3) is 0.120. The van der Waals surface area contributed by atoms with Crippen LogP contribution < -0.4 is 4.74 Å². The van der Waals surface area contributed by atoms with Crippen LogP contribution in [0.3, 0.4) is 0 Å². The summed E-state index contributed by atoms with van der Waals surface area (Å²) in [6, 6.07) is 18.4. The molecule has 0 aromatic heterocycles. The number of rotatable bonds is 6. The monoisotopic (exact) mass is 594 g/mol. The SMILES string of the molecule is CCN1C(=O)/C(=C/c2ccc(OCc3ccc(Cl)c(Cl)c3)cc2)SC1=Nc1ccc(Br)c(Cl)c1. The highest BCUT2D eigenvalue weighted by Gasteiger charge is 2.32. The molecular weight excluding hydrogens is 579 g/mol. The van der Waals surface area contributed by atoms with E-state index in [1.807, 2.05) is 55.5 Å². The predicted octanol–water partition coefficient (Wildman–Crippen LogP) is 8.61. The number of carbonyl (C=O) groups is 1. The van der Waals surface area contributed by atoms with Crippen LogP contribution in [0.5, 0.6) is 5.75 Å². The molecule has 9 heteroatoms. The fourth-order valence-corrected chi connectivity index (χ4v) is 4.95. The predicted molar refractivity (Wildman–Crippen MR) is 146 cm³/mol. The van der Waals surface area contributed by atoms with Gasteiger partial charge < -0.3 is 4.74 Å². The van der Waals surface area contributed by atoms with E-state index in [0.717, 1.165) is 15.6 Å². The number of carbonyl (C=O) groups excluding carboxylic acids is 1. The molecule has 0 unspecified atom stereocenters. The number of aliphatic imine (C=N–C) groups is 1. The maximum Gasteiger partial charge on any atom is 0.266 e. The minimum absolute atomic E-state index is 0.0746. The second-order valence-corrected chi connectivity index (χ2v) is 10.3. The quantitative estimate of drug-likeness (QED) is 0.268. The number of amides is 1. The largest absolute Gasteiger partial charge is 0.489 e. The number of hydrogen-bond acceptors (Lipinski definition) is 4. The molecule has 4 nitrogen and oxygen atoms in total. The Kier molecular flexibility index (Phi) is 8.27. The summed E-state index contributed by atoms with van der Waals surface area (Å²) in [5.74, 6) is 0.637. The van der Waals surface area contributed by atoms with Gasteiger partial charge in [0.05, 0.1) is 25.7 Å². The number of likely N-dealkylation sites (N-methyl/N-ethyl adjacent to an activating group) is 1. The Labute approximate surface area is 225 Å². The van der Waals surface area contributed by atoms with E-state index in [4.69, 9.17) is 39.5 Å². The summed E-state index contributed by atoms with van der Waals surface area (Å²) in [4.78, 5) is 19.8. The molecule has 0 saturated carbocycles. The van der Waals surface area contributed by atoms with Crippen molar-refractivity contribution < 1.29 is 9.53 Å². The van der Waals surface area contributed by atoms with E-state index in [2.05, 4.69) is 20.9 Å². The van der Waals surface area contributed by atoms with Crippen LogP contribution in [-0.4, -0.2) is 22.5 Å². The van der Waals surface area contributed by atoms with E-state index in [-0.39, 0.29) is 5.91 Å². The standard InChI is InChI=1S/C25H18BrCl3N2O2S/c1-2-31-24(32)23(34-25(31)30-17-6-9-19(26)21(28)13-17)12-15-3-7-18(8-4-15)33-14-16-5-10-20(27)22(29)11-16/h3-13H,2,14H2,1H3/b23-12-,30-25?. The Morgan fingerprint density at radius 3 is 2.44 bits per heavy atom. The van der Waals surface area contributed by atoms with E-state index < -0.39 is 0 Å². The molecule has 0 bridgehead atoms. The zero-order chi connectivity index (χ0) is 24.2. The van der Waals surface area contributed by atoms with Crippen molar-refractivity contribution in [2.45, 2.75) is 13.5 Å². The average molecular weight is 597 g/mol. The van der Waals surface area contributed by atoms with Crippen LogP contribution in [0, 0.1) is 0 Å². The van der Waals surface area contributed by atoms with Gasteiger partial charge in [0.1, 0.15) is 12.4 Å². The molecule has 1 heterocycles. The molecule has 1 fully saturated rings. The summed E-state index contributed by atoms with van der Waals surface area (Å²) in [5, 5.41) is 2.20. The molecule has 34 heavy (non-hydrogen) atoms. The van der Waals surface area contributed by atoms with Crippen molar-refractivity contribution in [2.24, 2.45) is 4.99 Å². The van der Waals surface area contributed by atoms with E-state index in [1.165, 1.54) is 11.8 Å². The summed E-state index contributed by atoms with van der Waals surface area (Å²) >= 11 is 22.9. The second-order valence-electron chi connectivity index (χ2n) is 7.26. The van der Waals surface area contributed by atoms with Gasteiger partial charge in [-0.1, -0.05) is 53.0 Å². The van der Waals surface area contributed by atoms with Crippen LogP contribution in [0.1, 0.15) is 18.1 Å². The molecule has 1 aliphatic rings. The first-order valence-corrected chi connectivity index (χ1v) is 13.0. The van der Waals surface area contributed by atoms with Gasteiger partial charge in [0.25, 0.3) is 5.91 Å². The maximum absolute atomic E-state index is 12.9. The molecule has 0 radical (unpaired) electrons. The van der Waals surface area contributed by atoms with Gasteiger partial charge in [-0.05, 0) is 94.3 Å². The van der Waals surface area contributed by atoms with Crippen molar-refractivity contribution in [1.82, 2.24) is 4.90 Å². The van der Waals surface area contributed by atoms with Crippen molar-refractivity contribution in [2.75, 3.05) is 6.54 Å². The van der Waals surface area contributed by atoms with E-state index in [1.54, 1.807) is 23.1 Å². The zero-order valence-electron chi connectivity index (χ0n) is 17.9. The van der Waals surface area contributed by atoms with Crippen molar-refractivity contribution in [3.8, 4) is 5.75 Å². The number of benzene rings is 3. The summed E-state index contributed by atoms with van der Waals surface area (Å²) in [6.07, 6.45) is 1.86. The molecule has 1 saturated heterocycles. The van der Waals surface area contributed by atoms with Crippen molar-refractivity contribution in [1.29, 1.82) is 0 Å². The number of ether oxygens (including phenoxy) is 1. The molecule has 174 valence electrons. The maximum atomic E-state index is 12.9. The van der Waals surface area contributed by atoms with Crippen LogP contribution in [0.2, 0.25) is 15.1 Å². The Morgan fingerprint density at radius 1 is 1.00 bits per heavy atom. The molecule has 0 atom stereocenters. The molecule has 0 aliphatic carbocycles. The number of halogens is 4. The molecular formula is C25H18BrCl3N2O2S. The van der Waals surface area contributed by atoms with Gasteiger partial charge in [0.15, 0.2) is 5.17 Å². The molecule has 3 aromatic rings. The third-order valence-corrected chi connectivity index (χ3v) is 7.88. The van der Waals surface area contributed by atoms with Gasteiger partial charge >= 0.3 is 0 Å². The smallest absolute Gasteiger partial charge is 0.266 e. The van der Waals surface area contributed by atoms with Gasteiger partial charge in [-0.3, -0.25) is 9.69 Å². The fourth-order valence-electron chi connectivity index (χ4n) is 3.14. The molecule has 4 rings (SSSR count). The molecule has 3 aromatic carbocycles. The topological polar surface area (TPSA) is 41.9 Å². The van der Waals surface area contributed by atoms with Crippen LogP contribution in [0.25, 0.3) is 6.08 Å². The van der Waals surface area contributed by atoms with Crippen LogP contribution in [0.15, 0.2) is 75.0 Å². The van der Waals surface area contributed by atoms with Crippen LogP contribution in [0.4, 0.5) is 5.69 Å². The lowest BCUT2D eigenvalue weighted by atomic mass is 10.2. The Bertz CT molecular complexity index is 1300. The summed E-state index contributed by atoms with van der Waals surface area (Å²) in [6.45, 7) is 2.82. The summed E-state index contributed by atoms with van der Waals surface area (Å²) < 4.78 is 6.63. The Balaban J connectivity index is 1.47. The highest BCUT2D eigenvalue weighted by molar-refractivity contribution is 9.10. The van der Waals surface area contributed by atoms with Gasteiger partial charge in [-0.2, -0.15) is 0 Å². The second kappa shape index (κ2) is 11.2. The molecule has 1 aliphatic heterocycles. The molecule has 1 amide bonds. The normalized spacial score (nSPS) is 16.0. The summed E-state index contributed by atoms with van der Waals surface area (Å²) in [7, 11) is 0. The zero-order valence-corrected chi connectivity index (χ0v) is 22.6. The van der Waals surface area contributed by atoms with Gasteiger partial charge in [0.2, 0.25) is 0 Å². The molecule has 0 spiro atoms. The lowest BCUT2D eigenvalue weighted by Crippen LogP contribution is -2.28. The lowest BCUT2D eigenvalue weighted by molar-refractivity contribution is -0.122. The Morgan fingerprint density at radius 2 is 1.76 bits per heavy atom. The van der Waals surface area contributed by atoms with Crippen molar-refractivity contribution in [3.05, 3.63) is 96.2 Å². The van der Waals surface area contributed by atoms with Gasteiger partial charge in [-0.15, -0.1) is 0 Å². The van der Waals surface area contributed by atoms with Gasteiger partial charge in [0, 0.05) is 11.0 Å². The van der Waals surface area contributed by atoms with Crippen molar-refractivity contribution in [3.63, 3.8) is 0 Å². The van der Waals surface area contributed by atoms with Crippen molar-refractivity contribution >= 4 is 85.3 Å². The highest BCUT2D eigenvalue weighted by Crippen LogP contribution is 2.35. The lowest BCUT2D eigenvalue weighted by Gasteiger charge is -2.12.